The summed E-state index contributed by atoms with van der Waals surface area (Å²) < 4.78 is 0. The van der Waals surface area contributed by atoms with Crippen LogP contribution in [0.2, 0.25) is 0 Å². The van der Waals surface area contributed by atoms with Crippen LogP contribution in [0.5, 0.6) is 0 Å². The van der Waals surface area contributed by atoms with E-state index in [0.29, 0.717) is 0 Å². The van der Waals surface area contributed by atoms with Gasteiger partial charge in [0, 0.05) is 0 Å². The molecule has 0 amide bonds. The predicted octanol–water partition coefficient (Wildman–Crippen LogP) is 5.55. The van der Waals surface area contributed by atoms with E-state index in [1.54, 1.807) is 0 Å². The fourth-order valence-electron chi connectivity index (χ4n) is 6.48. The number of allylic oxidation sites excluding steroid dienone is 8. The molecule has 0 aromatic carbocycles. The van der Waals surface area contributed by atoms with Crippen LogP contribution in [0.3, 0.4) is 0 Å². The highest BCUT2D eigenvalue weighted by Crippen LogP contribution is 2.62. The second kappa shape index (κ2) is 5.25. The Hall–Kier alpha value is -1.04. The summed E-state index contributed by atoms with van der Waals surface area (Å²) in [6.07, 6.45) is 27.7. The molecule has 0 spiro atoms. The fraction of sp³-hybridized carbons (Fsp3) is 0.636. The maximum atomic E-state index is 2.50. The molecule has 6 rings (SSSR count). The molecule has 0 heteroatoms. The lowest BCUT2D eigenvalue weighted by Gasteiger charge is -2.29. The Balaban J connectivity index is 0.000000105. The van der Waals surface area contributed by atoms with Crippen molar-refractivity contribution in [2.45, 2.75) is 38.5 Å². The van der Waals surface area contributed by atoms with Crippen LogP contribution in [0.15, 0.2) is 48.6 Å². The van der Waals surface area contributed by atoms with Gasteiger partial charge < -0.3 is 0 Å². The Morgan fingerprint density at radius 3 is 1.09 bits per heavy atom. The van der Waals surface area contributed by atoms with Crippen molar-refractivity contribution < 1.29 is 0 Å². The molecular formula is C22H28. The van der Waals surface area contributed by atoms with Crippen molar-refractivity contribution in [3.8, 4) is 0 Å². The van der Waals surface area contributed by atoms with E-state index in [1.165, 1.54) is 38.5 Å². The molecule has 0 saturated heterocycles. The Kier molecular flexibility index (Phi) is 3.20. The van der Waals surface area contributed by atoms with Gasteiger partial charge in [-0.1, -0.05) is 48.6 Å². The van der Waals surface area contributed by atoms with Gasteiger partial charge in [-0.3, -0.25) is 0 Å². The molecule has 0 N–H and O–H groups in total. The molecule has 6 aliphatic carbocycles. The molecule has 0 aromatic rings. The lowest BCUT2D eigenvalue weighted by atomic mass is 9.76. The Morgan fingerprint density at radius 1 is 0.455 bits per heavy atom. The van der Waals surface area contributed by atoms with E-state index in [-0.39, 0.29) is 0 Å². The van der Waals surface area contributed by atoms with Crippen LogP contribution in [0, 0.1) is 47.3 Å². The van der Waals surface area contributed by atoms with Gasteiger partial charge in [0.2, 0.25) is 0 Å². The summed E-state index contributed by atoms with van der Waals surface area (Å²) in [5.74, 6) is 7.98. The second-order valence-corrected chi connectivity index (χ2v) is 8.46. The van der Waals surface area contributed by atoms with E-state index in [9.17, 15) is 0 Å². The highest BCUT2D eigenvalue weighted by molar-refractivity contribution is 5.25. The Labute approximate surface area is 135 Å². The van der Waals surface area contributed by atoms with Gasteiger partial charge in [-0.2, -0.15) is 0 Å². The van der Waals surface area contributed by atoms with Crippen molar-refractivity contribution in [3.63, 3.8) is 0 Å². The molecule has 2 saturated carbocycles. The van der Waals surface area contributed by atoms with Gasteiger partial charge in [-0.05, 0) is 85.9 Å². The van der Waals surface area contributed by atoms with Crippen molar-refractivity contribution in [3.05, 3.63) is 48.6 Å². The summed E-state index contributed by atoms with van der Waals surface area (Å²) in [5, 5.41) is 0. The van der Waals surface area contributed by atoms with Gasteiger partial charge in [-0.25, -0.2) is 0 Å². The van der Waals surface area contributed by atoms with Gasteiger partial charge in [0.15, 0.2) is 0 Å². The Bertz CT molecular complexity index is 458. The average Bonchev–Trinajstić information content (AvgIpc) is 3.34. The molecule has 116 valence electrons. The van der Waals surface area contributed by atoms with Gasteiger partial charge in [0.25, 0.3) is 0 Å². The van der Waals surface area contributed by atoms with Crippen molar-refractivity contribution in [2.75, 3.05) is 0 Å². The van der Waals surface area contributed by atoms with Crippen LogP contribution >= 0.6 is 0 Å². The third-order valence-corrected chi connectivity index (χ3v) is 7.48. The Morgan fingerprint density at radius 2 is 0.773 bits per heavy atom. The summed E-state index contributed by atoms with van der Waals surface area (Å²) in [7, 11) is 0. The van der Waals surface area contributed by atoms with Crippen molar-refractivity contribution in [1.82, 2.24) is 0 Å². The number of rotatable bonds is 0. The minimum Gasteiger partial charge on any atom is -0.0882 e. The molecule has 0 radical (unpaired) electrons. The normalized spacial score (nSPS) is 51.6. The molecule has 22 heavy (non-hydrogen) atoms. The summed E-state index contributed by atoms with van der Waals surface area (Å²) in [5.41, 5.74) is 0. The lowest BCUT2D eigenvalue weighted by molar-refractivity contribution is 0.290. The van der Waals surface area contributed by atoms with Gasteiger partial charge in [-0.15, -0.1) is 0 Å². The first-order valence-electron chi connectivity index (χ1n) is 9.57. The van der Waals surface area contributed by atoms with Gasteiger partial charge >= 0.3 is 0 Å². The first-order chi connectivity index (χ1) is 10.9. The van der Waals surface area contributed by atoms with E-state index in [1.807, 2.05) is 0 Å². The van der Waals surface area contributed by atoms with Crippen LogP contribution in [0.25, 0.3) is 0 Å². The largest absolute Gasteiger partial charge is 0.0882 e. The quantitative estimate of drug-likeness (QED) is 0.405. The average molecular weight is 292 g/mol. The van der Waals surface area contributed by atoms with Crippen molar-refractivity contribution >= 4 is 0 Å². The molecule has 4 unspecified atom stereocenters. The second-order valence-electron chi connectivity index (χ2n) is 8.46. The molecule has 6 aliphatic rings. The fourth-order valence-corrected chi connectivity index (χ4v) is 6.48. The topological polar surface area (TPSA) is 0 Å². The van der Waals surface area contributed by atoms with Crippen LogP contribution in [-0.4, -0.2) is 0 Å². The first-order valence-corrected chi connectivity index (χ1v) is 9.57. The number of hydrogen-bond acceptors (Lipinski definition) is 0. The van der Waals surface area contributed by atoms with Crippen LogP contribution in [0.4, 0.5) is 0 Å². The van der Waals surface area contributed by atoms with Gasteiger partial charge in [0.05, 0.1) is 0 Å². The summed E-state index contributed by atoms with van der Waals surface area (Å²) in [6.45, 7) is 0. The van der Waals surface area contributed by atoms with Crippen molar-refractivity contribution in [2.24, 2.45) is 47.3 Å². The monoisotopic (exact) mass is 292 g/mol. The van der Waals surface area contributed by atoms with E-state index in [4.69, 9.17) is 0 Å². The van der Waals surface area contributed by atoms with E-state index >= 15 is 0 Å². The standard InChI is InChI=1S/C12H14.C10H14/c1-2-8-5-7(1)11-9-3-4-10(6-9)12(8)11;1-2-6-10-8-4-3-7-9(10)5-1/h1-4,7-12H,5-6H2;1-4,9-10H,5-8H2. The lowest BCUT2D eigenvalue weighted by Crippen LogP contribution is -2.23. The molecule has 0 nitrogen and oxygen atoms in total. The predicted molar refractivity (Wildman–Crippen MR) is 92.2 cm³/mol. The maximum absolute atomic E-state index is 2.50. The van der Waals surface area contributed by atoms with E-state index in [2.05, 4.69) is 48.6 Å². The zero-order chi connectivity index (χ0) is 14.5. The molecular weight excluding hydrogens is 264 g/mol. The third kappa shape index (κ3) is 2.02. The van der Waals surface area contributed by atoms with Crippen molar-refractivity contribution in [1.29, 1.82) is 0 Å². The number of fused-ring (bicyclic) bond motifs is 10. The van der Waals surface area contributed by atoms with Gasteiger partial charge in [0.1, 0.15) is 0 Å². The molecule has 4 atom stereocenters. The zero-order valence-corrected chi connectivity index (χ0v) is 13.5. The molecule has 4 bridgehead atoms. The minimum atomic E-state index is 0.972. The molecule has 0 heterocycles. The summed E-state index contributed by atoms with van der Waals surface area (Å²) in [6, 6.07) is 0. The van der Waals surface area contributed by atoms with Crippen LogP contribution in [0.1, 0.15) is 38.5 Å². The smallest absolute Gasteiger partial charge is 0.0191 e. The number of hydrogen-bond donors (Lipinski definition) is 0. The summed E-state index contributed by atoms with van der Waals surface area (Å²) >= 11 is 0. The highest BCUT2D eigenvalue weighted by atomic mass is 14.6. The van der Waals surface area contributed by atoms with E-state index < -0.39 is 0 Å². The molecule has 0 aliphatic heterocycles. The molecule has 2 fully saturated rings. The highest BCUT2D eigenvalue weighted by Gasteiger charge is 2.55. The summed E-state index contributed by atoms with van der Waals surface area (Å²) in [4.78, 5) is 0. The SMILES string of the molecule is C1=CC2CC1C1C3C=CC(C3)C21.C1=CCC2CC=CCC2C1. The maximum Gasteiger partial charge on any atom is -0.0191 e. The van der Waals surface area contributed by atoms with Crippen LogP contribution < -0.4 is 0 Å². The van der Waals surface area contributed by atoms with Crippen LogP contribution in [-0.2, 0) is 0 Å². The molecule has 0 aromatic heterocycles. The third-order valence-electron chi connectivity index (χ3n) is 7.48. The zero-order valence-electron chi connectivity index (χ0n) is 13.5. The van der Waals surface area contributed by atoms with E-state index in [0.717, 1.165) is 47.3 Å². The first kappa shape index (κ1) is 13.4. The minimum absolute atomic E-state index is 0.972.